The molecule has 0 aliphatic heterocycles. The molecule has 2 heterocycles. The predicted octanol–water partition coefficient (Wildman–Crippen LogP) is 5.21. The molecule has 3 N–H and O–H groups in total. The van der Waals surface area contributed by atoms with Crippen LogP contribution in [0.15, 0.2) is 65.5 Å². The lowest BCUT2D eigenvalue weighted by Crippen LogP contribution is -2.03. The maximum absolute atomic E-state index is 6.24. The Morgan fingerprint density at radius 1 is 1.00 bits per heavy atom. The first kappa shape index (κ1) is 17.2. The lowest BCUT2D eigenvalue weighted by molar-refractivity contribution is 0.469. The van der Waals surface area contributed by atoms with Gasteiger partial charge >= 0.3 is 0 Å². The molecule has 0 radical (unpaired) electrons. The van der Waals surface area contributed by atoms with Gasteiger partial charge in [-0.25, -0.2) is 4.98 Å². The molecule has 0 aliphatic rings. The van der Waals surface area contributed by atoms with Crippen LogP contribution >= 0.6 is 15.9 Å². The molecule has 0 bridgehead atoms. The number of benzene rings is 2. The highest BCUT2D eigenvalue weighted by molar-refractivity contribution is 9.10. The average molecular weight is 422 g/mol. The fraction of sp³-hybridized carbons (Fsp3) is 0.0500. The first-order chi connectivity index (χ1) is 13.1. The Balaban J connectivity index is 1.68. The molecule has 0 fully saturated rings. The number of nitrogens with two attached hydrogens (primary N) is 1. The molecule has 27 heavy (non-hydrogen) atoms. The van der Waals surface area contributed by atoms with Crippen LogP contribution in [-0.4, -0.2) is 15.0 Å². The van der Waals surface area contributed by atoms with Crippen molar-refractivity contribution in [3.63, 3.8) is 0 Å². The van der Waals surface area contributed by atoms with Gasteiger partial charge in [0.05, 0.1) is 0 Å². The van der Waals surface area contributed by atoms with Crippen molar-refractivity contribution in [2.75, 3.05) is 11.1 Å². The van der Waals surface area contributed by atoms with E-state index in [-0.39, 0.29) is 5.88 Å². The summed E-state index contributed by atoms with van der Waals surface area (Å²) in [4.78, 5) is 12.8. The summed E-state index contributed by atoms with van der Waals surface area (Å²) >= 11 is 3.53. The number of nitrogen functional groups attached to an aromatic ring is 1. The standard InChI is InChI=1S/C20H16BrN5O/c1-12-4-6-13(7-5-12)26-19-17(22)20(25-11-24-19)27-16-9-8-15(21)14-3-2-10-23-18(14)16/h2-11H,22H2,1H3,(H,24,25,26). The van der Waals surface area contributed by atoms with E-state index in [1.165, 1.54) is 11.9 Å². The van der Waals surface area contributed by atoms with E-state index in [0.29, 0.717) is 17.3 Å². The van der Waals surface area contributed by atoms with Crippen LogP contribution in [0.1, 0.15) is 5.56 Å². The zero-order chi connectivity index (χ0) is 18.8. The number of aromatic nitrogens is 3. The summed E-state index contributed by atoms with van der Waals surface area (Å²) in [5.74, 6) is 1.33. The van der Waals surface area contributed by atoms with Crippen LogP contribution in [0.2, 0.25) is 0 Å². The minimum absolute atomic E-state index is 0.272. The molecular formula is C20H16BrN5O. The van der Waals surface area contributed by atoms with E-state index in [9.17, 15) is 0 Å². The highest BCUT2D eigenvalue weighted by Crippen LogP contribution is 2.35. The molecular weight excluding hydrogens is 406 g/mol. The molecule has 6 nitrogen and oxygen atoms in total. The molecule has 0 spiro atoms. The molecule has 0 atom stereocenters. The SMILES string of the molecule is Cc1ccc(Nc2ncnc(Oc3ccc(Br)c4cccnc34)c2N)cc1. The van der Waals surface area contributed by atoms with Gasteiger partial charge in [0.25, 0.3) is 0 Å². The van der Waals surface area contributed by atoms with Crippen LogP contribution in [0.5, 0.6) is 11.6 Å². The number of fused-ring (bicyclic) bond motifs is 1. The summed E-state index contributed by atoms with van der Waals surface area (Å²) < 4.78 is 6.92. The normalized spacial score (nSPS) is 10.7. The Morgan fingerprint density at radius 2 is 1.81 bits per heavy atom. The molecule has 0 amide bonds. The highest BCUT2D eigenvalue weighted by Gasteiger charge is 2.13. The first-order valence-electron chi connectivity index (χ1n) is 8.27. The molecule has 134 valence electrons. The minimum atomic E-state index is 0.272. The molecule has 0 saturated carbocycles. The van der Waals surface area contributed by atoms with Crippen molar-refractivity contribution in [2.45, 2.75) is 6.92 Å². The highest BCUT2D eigenvalue weighted by atomic mass is 79.9. The van der Waals surface area contributed by atoms with Gasteiger partial charge in [0, 0.05) is 21.7 Å². The van der Waals surface area contributed by atoms with Gasteiger partial charge in [-0.2, -0.15) is 4.98 Å². The summed E-state index contributed by atoms with van der Waals surface area (Å²) in [5.41, 5.74) is 9.34. The van der Waals surface area contributed by atoms with E-state index < -0.39 is 0 Å². The second kappa shape index (κ2) is 7.20. The molecule has 2 aromatic heterocycles. The third-order valence-electron chi connectivity index (χ3n) is 4.05. The maximum Gasteiger partial charge on any atom is 0.248 e. The second-order valence-electron chi connectivity index (χ2n) is 5.98. The van der Waals surface area contributed by atoms with Crippen molar-refractivity contribution in [2.24, 2.45) is 0 Å². The number of pyridine rings is 1. The Bertz CT molecular complexity index is 1120. The van der Waals surface area contributed by atoms with E-state index in [2.05, 4.69) is 36.2 Å². The van der Waals surface area contributed by atoms with E-state index in [1.54, 1.807) is 6.20 Å². The number of aryl methyl sites for hydroxylation is 1. The monoisotopic (exact) mass is 421 g/mol. The van der Waals surface area contributed by atoms with Crippen molar-refractivity contribution in [3.05, 3.63) is 71.1 Å². The van der Waals surface area contributed by atoms with Crippen molar-refractivity contribution in [1.82, 2.24) is 15.0 Å². The van der Waals surface area contributed by atoms with Gasteiger partial charge in [0.2, 0.25) is 5.88 Å². The summed E-state index contributed by atoms with van der Waals surface area (Å²) in [5, 5.41) is 4.14. The third kappa shape index (κ3) is 3.54. The van der Waals surface area contributed by atoms with Crippen LogP contribution in [-0.2, 0) is 0 Å². The lowest BCUT2D eigenvalue weighted by atomic mass is 10.2. The average Bonchev–Trinajstić information content (AvgIpc) is 2.69. The van der Waals surface area contributed by atoms with E-state index in [4.69, 9.17) is 10.5 Å². The van der Waals surface area contributed by atoms with Crippen LogP contribution in [0.3, 0.4) is 0 Å². The first-order valence-corrected chi connectivity index (χ1v) is 9.06. The lowest BCUT2D eigenvalue weighted by Gasteiger charge is -2.13. The van der Waals surface area contributed by atoms with Crippen molar-refractivity contribution in [3.8, 4) is 11.6 Å². The van der Waals surface area contributed by atoms with Gasteiger partial charge in [-0.1, -0.05) is 39.7 Å². The van der Waals surface area contributed by atoms with Crippen molar-refractivity contribution >= 4 is 44.0 Å². The van der Waals surface area contributed by atoms with E-state index >= 15 is 0 Å². The summed E-state index contributed by atoms with van der Waals surface area (Å²) in [6.07, 6.45) is 3.13. The van der Waals surface area contributed by atoms with Gasteiger partial charge in [-0.05, 0) is 37.3 Å². The van der Waals surface area contributed by atoms with E-state index in [0.717, 1.165) is 21.1 Å². The Morgan fingerprint density at radius 3 is 2.63 bits per heavy atom. The van der Waals surface area contributed by atoms with Gasteiger partial charge in [-0.3, -0.25) is 4.98 Å². The van der Waals surface area contributed by atoms with Crippen LogP contribution in [0, 0.1) is 6.92 Å². The fourth-order valence-electron chi connectivity index (χ4n) is 2.63. The molecule has 4 aromatic rings. The summed E-state index contributed by atoms with van der Waals surface area (Å²) in [6, 6.07) is 15.5. The number of nitrogens with zero attached hydrogens (tertiary/aromatic N) is 3. The van der Waals surface area contributed by atoms with Crippen LogP contribution in [0.4, 0.5) is 17.2 Å². The van der Waals surface area contributed by atoms with Crippen LogP contribution in [0.25, 0.3) is 10.9 Å². The number of ether oxygens (including phenoxy) is 1. The van der Waals surface area contributed by atoms with Gasteiger partial charge in [-0.15, -0.1) is 0 Å². The third-order valence-corrected chi connectivity index (χ3v) is 4.74. The maximum atomic E-state index is 6.24. The summed E-state index contributed by atoms with van der Waals surface area (Å²) in [6.45, 7) is 2.03. The Hall–Kier alpha value is -3.19. The van der Waals surface area contributed by atoms with Gasteiger partial charge in [0.15, 0.2) is 11.6 Å². The molecule has 7 heteroatoms. The number of halogens is 1. The topological polar surface area (TPSA) is 86.0 Å². The predicted molar refractivity (Wildman–Crippen MR) is 110 cm³/mol. The molecule has 4 rings (SSSR count). The van der Waals surface area contributed by atoms with Crippen LogP contribution < -0.4 is 15.8 Å². The number of hydrogen-bond acceptors (Lipinski definition) is 6. The number of rotatable bonds is 4. The number of nitrogens with one attached hydrogen (secondary N) is 1. The molecule has 2 aromatic carbocycles. The number of anilines is 3. The second-order valence-corrected chi connectivity index (χ2v) is 6.83. The van der Waals surface area contributed by atoms with Gasteiger partial charge < -0.3 is 15.8 Å². The summed E-state index contributed by atoms with van der Waals surface area (Å²) in [7, 11) is 0. The quantitative estimate of drug-likeness (QED) is 0.469. The fourth-order valence-corrected chi connectivity index (χ4v) is 3.08. The Labute approximate surface area is 164 Å². The molecule has 0 aliphatic carbocycles. The van der Waals surface area contributed by atoms with Crippen molar-refractivity contribution in [1.29, 1.82) is 0 Å². The minimum Gasteiger partial charge on any atom is -0.435 e. The largest absolute Gasteiger partial charge is 0.435 e. The zero-order valence-electron chi connectivity index (χ0n) is 14.5. The van der Waals surface area contributed by atoms with E-state index in [1.807, 2.05) is 55.5 Å². The Kier molecular flexibility index (Phi) is 4.60. The molecule has 0 saturated heterocycles. The van der Waals surface area contributed by atoms with Crippen molar-refractivity contribution < 1.29 is 4.74 Å². The zero-order valence-corrected chi connectivity index (χ0v) is 16.1. The van der Waals surface area contributed by atoms with Gasteiger partial charge in [0.1, 0.15) is 17.5 Å². The smallest absolute Gasteiger partial charge is 0.248 e. The number of hydrogen-bond donors (Lipinski definition) is 2. The molecule has 0 unspecified atom stereocenters.